The smallest absolute Gasteiger partial charge is 0.297 e. The Balaban J connectivity index is 2.85. The lowest BCUT2D eigenvalue weighted by molar-refractivity contribution is 0.153. The monoisotopic (exact) mass is 666 g/mol. The van der Waals surface area contributed by atoms with E-state index in [2.05, 4.69) is 70.3 Å². The highest BCUT2D eigenvalue weighted by atomic mass is 127. The van der Waals surface area contributed by atoms with Gasteiger partial charge in [-0.3, -0.25) is 4.18 Å². The summed E-state index contributed by atoms with van der Waals surface area (Å²) in [6.07, 6.45) is 3.27. The van der Waals surface area contributed by atoms with Crippen molar-refractivity contribution < 1.29 is 22.1 Å². The van der Waals surface area contributed by atoms with E-state index >= 15 is 0 Å². The van der Waals surface area contributed by atoms with E-state index < -0.39 is 24.5 Å². The fourth-order valence-corrected chi connectivity index (χ4v) is 6.95. The first-order valence-electron chi connectivity index (χ1n) is 13.5. The standard InChI is InChI=1S/C29H51IO5SSi/c1-20(2)23-17-26(21(3)4)28(27(18-23)22(5)6)36(32,33)34-19-24(30)14-15-25(31)13-12-16-35-37(10,11)29(7,8)9/h14,17-18,20-22,25,31H,12-13,15-16,19H2,1-11H3/b24-14-/t25-/m1/s1. The van der Waals surface area contributed by atoms with Crippen molar-refractivity contribution in [2.24, 2.45) is 0 Å². The van der Waals surface area contributed by atoms with E-state index in [1.165, 1.54) is 0 Å². The van der Waals surface area contributed by atoms with E-state index in [4.69, 9.17) is 8.61 Å². The van der Waals surface area contributed by atoms with E-state index in [9.17, 15) is 13.5 Å². The fraction of sp³-hybridized carbons (Fsp3) is 0.724. The third-order valence-corrected chi connectivity index (χ3v) is 13.9. The number of halogens is 1. The molecule has 1 aromatic rings. The lowest BCUT2D eigenvalue weighted by Gasteiger charge is -2.36. The summed E-state index contributed by atoms with van der Waals surface area (Å²) in [5.41, 5.74) is 2.76. The van der Waals surface area contributed by atoms with E-state index in [1.807, 2.05) is 45.9 Å². The number of benzene rings is 1. The highest BCUT2D eigenvalue weighted by molar-refractivity contribution is 14.1. The molecule has 0 saturated carbocycles. The Morgan fingerprint density at radius 1 is 1.03 bits per heavy atom. The van der Waals surface area contributed by atoms with Crippen molar-refractivity contribution in [1.29, 1.82) is 0 Å². The van der Waals surface area contributed by atoms with Crippen LogP contribution in [0.5, 0.6) is 0 Å². The van der Waals surface area contributed by atoms with Gasteiger partial charge in [-0.15, -0.1) is 0 Å². The molecule has 214 valence electrons. The molecule has 1 N–H and O–H groups in total. The first-order chi connectivity index (χ1) is 16.8. The molecule has 0 aliphatic carbocycles. The lowest BCUT2D eigenvalue weighted by Crippen LogP contribution is -2.41. The molecule has 8 heteroatoms. The van der Waals surface area contributed by atoms with Crippen LogP contribution < -0.4 is 0 Å². The summed E-state index contributed by atoms with van der Waals surface area (Å²) in [5.74, 6) is 0.409. The van der Waals surface area contributed by atoms with Crippen molar-refractivity contribution in [3.63, 3.8) is 0 Å². The highest BCUT2D eigenvalue weighted by Crippen LogP contribution is 2.37. The van der Waals surface area contributed by atoms with Crippen LogP contribution in [0.25, 0.3) is 0 Å². The Labute approximate surface area is 242 Å². The first kappa shape index (κ1) is 34.8. The zero-order valence-corrected chi connectivity index (χ0v) is 28.9. The average Bonchev–Trinajstić information content (AvgIpc) is 2.77. The molecule has 0 aliphatic heterocycles. The van der Waals surface area contributed by atoms with Crippen molar-refractivity contribution in [2.75, 3.05) is 13.2 Å². The summed E-state index contributed by atoms with van der Waals surface area (Å²) in [7, 11) is -5.72. The molecule has 1 atom stereocenters. The second-order valence-electron chi connectivity index (χ2n) is 12.5. The summed E-state index contributed by atoms with van der Waals surface area (Å²) < 4.78 is 39.3. The quantitative estimate of drug-likeness (QED) is 0.0932. The van der Waals surface area contributed by atoms with Crippen LogP contribution in [0.2, 0.25) is 18.1 Å². The summed E-state index contributed by atoms with van der Waals surface area (Å²) in [5, 5.41) is 10.6. The fourth-order valence-electron chi connectivity index (χ4n) is 3.67. The van der Waals surface area contributed by atoms with Gasteiger partial charge in [0.1, 0.15) is 4.90 Å². The molecule has 5 nitrogen and oxygen atoms in total. The second-order valence-corrected chi connectivity index (χ2v) is 20.2. The Kier molecular flexibility index (Phi) is 13.5. The number of rotatable bonds is 14. The molecule has 0 amide bonds. The lowest BCUT2D eigenvalue weighted by atomic mass is 9.89. The van der Waals surface area contributed by atoms with E-state index in [1.54, 1.807) is 0 Å². The summed E-state index contributed by atoms with van der Waals surface area (Å²) in [6, 6.07) is 4.03. The SMILES string of the molecule is CC(C)c1cc(C(C)C)c(S(=O)(=O)OC/C(I)=C/C[C@H](O)CCCO[Si](C)(C)C(C)(C)C)c(C(C)C)c1. The van der Waals surface area contributed by atoms with Gasteiger partial charge < -0.3 is 9.53 Å². The van der Waals surface area contributed by atoms with Crippen LogP contribution in [-0.2, 0) is 18.7 Å². The molecule has 0 unspecified atom stereocenters. The number of hydrogen-bond acceptors (Lipinski definition) is 5. The second kappa shape index (κ2) is 14.4. The van der Waals surface area contributed by atoms with Gasteiger partial charge in [0, 0.05) is 10.2 Å². The minimum atomic E-state index is -3.95. The molecule has 0 saturated heterocycles. The number of hydrogen-bond donors (Lipinski definition) is 1. The number of aliphatic hydroxyl groups is 1. The van der Waals surface area contributed by atoms with Gasteiger partial charge in [-0.05, 0) is 94.4 Å². The maximum atomic E-state index is 13.4. The maximum absolute atomic E-state index is 13.4. The third kappa shape index (κ3) is 10.7. The van der Waals surface area contributed by atoms with Gasteiger partial charge in [-0.25, -0.2) is 0 Å². The van der Waals surface area contributed by atoms with Crippen LogP contribution in [0.15, 0.2) is 26.7 Å². The van der Waals surface area contributed by atoms with Crippen molar-refractivity contribution in [1.82, 2.24) is 0 Å². The molecule has 0 aromatic heterocycles. The van der Waals surface area contributed by atoms with Crippen LogP contribution in [-0.4, -0.2) is 41.2 Å². The molecule has 0 radical (unpaired) electrons. The van der Waals surface area contributed by atoms with Gasteiger partial charge in [0.25, 0.3) is 10.1 Å². The normalized spacial score (nSPS) is 14.8. The van der Waals surface area contributed by atoms with Gasteiger partial charge >= 0.3 is 0 Å². The van der Waals surface area contributed by atoms with Crippen molar-refractivity contribution in [3.8, 4) is 0 Å². The molecular formula is C29H51IO5SSi. The predicted octanol–water partition coefficient (Wildman–Crippen LogP) is 8.63. The van der Waals surface area contributed by atoms with Crippen LogP contribution in [0.4, 0.5) is 0 Å². The molecule has 0 heterocycles. The largest absolute Gasteiger partial charge is 0.417 e. The molecule has 0 fully saturated rings. The van der Waals surface area contributed by atoms with E-state index in [-0.39, 0.29) is 23.5 Å². The molecule has 0 bridgehead atoms. The molecular weight excluding hydrogens is 615 g/mol. The van der Waals surface area contributed by atoms with Crippen molar-refractivity contribution >= 4 is 41.0 Å². The van der Waals surface area contributed by atoms with E-state index in [0.29, 0.717) is 30.3 Å². The summed E-state index contributed by atoms with van der Waals surface area (Å²) in [6.45, 7) is 24.1. The topological polar surface area (TPSA) is 72.8 Å². The van der Waals surface area contributed by atoms with Gasteiger partial charge in [-0.2, -0.15) is 8.42 Å². The molecule has 0 aliphatic rings. The Bertz CT molecular complexity index is 979. The zero-order valence-electron chi connectivity index (χ0n) is 24.9. The predicted molar refractivity (Wildman–Crippen MR) is 167 cm³/mol. The third-order valence-electron chi connectivity index (χ3n) is 7.24. The average molecular weight is 667 g/mol. The summed E-state index contributed by atoms with van der Waals surface area (Å²) >= 11 is 2.10. The first-order valence-corrected chi connectivity index (χ1v) is 18.9. The molecule has 37 heavy (non-hydrogen) atoms. The highest BCUT2D eigenvalue weighted by Gasteiger charge is 2.36. The van der Waals surface area contributed by atoms with Gasteiger partial charge in [0.2, 0.25) is 0 Å². The van der Waals surface area contributed by atoms with Crippen LogP contribution in [0.3, 0.4) is 0 Å². The maximum Gasteiger partial charge on any atom is 0.297 e. The zero-order chi connectivity index (χ0) is 28.8. The van der Waals surface area contributed by atoms with Crippen LogP contribution in [0.1, 0.15) is 116 Å². The summed E-state index contributed by atoms with van der Waals surface area (Å²) in [4.78, 5) is 0.313. The van der Waals surface area contributed by atoms with Crippen LogP contribution in [0, 0.1) is 0 Å². The van der Waals surface area contributed by atoms with Crippen LogP contribution >= 0.6 is 22.6 Å². The molecule has 1 aromatic carbocycles. The van der Waals surface area contributed by atoms with Crippen molar-refractivity contribution in [3.05, 3.63) is 38.5 Å². The Morgan fingerprint density at radius 2 is 1.54 bits per heavy atom. The molecule has 1 rings (SSSR count). The Morgan fingerprint density at radius 3 is 1.97 bits per heavy atom. The van der Waals surface area contributed by atoms with Gasteiger partial charge in [-0.1, -0.05) is 80.5 Å². The van der Waals surface area contributed by atoms with Gasteiger partial charge in [0.05, 0.1) is 12.7 Å². The minimum absolute atomic E-state index is 0.0366. The van der Waals surface area contributed by atoms with Crippen molar-refractivity contribution in [2.45, 2.75) is 128 Å². The van der Waals surface area contributed by atoms with Gasteiger partial charge in [0.15, 0.2) is 8.32 Å². The molecule has 0 spiro atoms. The van der Waals surface area contributed by atoms with E-state index in [0.717, 1.165) is 26.7 Å². The Hall–Kier alpha value is -0.263. The minimum Gasteiger partial charge on any atom is -0.417 e. The number of aliphatic hydroxyl groups excluding tert-OH is 1.